The van der Waals surface area contributed by atoms with Crippen molar-refractivity contribution < 1.29 is 0 Å². The summed E-state index contributed by atoms with van der Waals surface area (Å²) in [6.07, 6.45) is 5.26. The third-order valence-electron chi connectivity index (χ3n) is 6.43. The van der Waals surface area contributed by atoms with Crippen LogP contribution >= 0.6 is 11.3 Å². The first-order valence-corrected chi connectivity index (χ1v) is 12.0. The van der Waals surface area contributed by atoms with E-state index in [0.29, 0.717) is 6.04 Å². The molecule has 1 aromatic rings. The molecule has 2 atom stereocenters. The molecule has 0 bridgehead atoms. The Bertz CT molecular complexity index is 580. The molecule has 2 aliphatic heterocycles. The summed E-state index contributed by atoms with van der Waals surface area (Å²) in [6, 6.07) is 4.90. The highest BCUT2D eigenvalue weighted by molar-refractivity contribution is 7.10. The lowest BCUT2D eigenvalue weighted by molar-refractivity contribution is 0.140. The SMILES string of the molecule is CCN1CCCC(CNC(=NC)NCC(c2cccs2)N2CCC(C)CC2)C1. The molecule has 28 heavy (non-hydrogen) atoms. The summed E-state index contributed by atoms with van der Waals surface area (Å²) in [7, 11) is 1.89. The molecule has 2 N–H and O–H groups in total. The quantitative estimate of drug-likeness (QED) is 0.539. The van der Waals surface area contributed by atoms with Crippen molar-refractivity contribution in [2.75, 3.05) is 52.9 Å². The summed E-state index contributed by atoms with van der Waals surface area (Å²) in [5.74, 6) is 2.53. The van der Waals surface area contributed by atoms with Crippen LogP contribution in [0.3, 0.4) is 0 Å². The van der Waals surface area contributed by atoms with Gasteiger partial charge in [0, 0.05) is 31.6 Å². The minimum absolute atomic E-state index is 0.441. The predicted molar refractivity (Wildman–Crippen MR) is 121 cm³/mol. The van der Waals surface area contributed by atoms with Crippen LogP contribution in [0.1, 0.15) is 50.4 Å². The maximum Gasteiger partial charge on any atom is 0.191 e. The molecule has 158 valence electrons. The monoisotopic (exact) mass is 405 g/mol. The third-order valence-corrected chi connectivity index (χ3v) is 7.40. The third kappa shape index (κ3) is 6.19. The molecule has 2 saturated heterocycles. The van der Waals surface area contributed by atoms with Crippen LogP contribution in [0.5, 0.6) is 0 Å². The summed E-state index contributed by atoms with van der Waals surface area (Å²) in [5, 5.41) is 9.41. The minimum Gasteiger partial charge on any atom is -0.356 e. The Morgan fingerprint density at radius 1 is 1.25 bits per heavy atom. The van der Waals surface area contributed by atoms with Crippen molar-refractivity contribution in [2.45, 2.75) is 45.6 Å². The van der Waals surface area contributed by atoms with Crippen molar-refractivity contribution in [2.24, 2.45) is 16.8 Å². The fourth-order valence-corrected chi connectivity index (χ4v) is 5.35. The first-order chi connectivity index (χ1) is 13.7. The number of rotatable bonds is 7. The van der Waals surface area contributed by atoms with Gasteiger partial charge >= 0.3 is 0 Å². The van der Waals surface area contributed by atoms with Crippen LogP contribution in [0.2, 0.25) is 0 Å². The highest BCUT2D eigenvalue weighted by Gasteiger charge is 2.25. The maximum atomic E-state index is 4.49. The number of guanidine groups is 1. The summed E-state index contributed by atoms with van der Waals surface area (Å²) in [5.41, 5.74) is 0. The second-order valence-electron chi connectivity index (χ2n) is 8.49. The average Bonchev–Trinajstić information content (AvgIpc) is 3.26. The topological polar surface area (TPSA) is 42.9 Å². The zero-order chi connectivity index (χ0) is 19.8. The fourth-order valence-electron chi connectivity index (χ4n) is 4.49. The van der Waals surface area contributed by atoms with E-state index in [-0.39, 0.29) is 0 Å². The van der Waals surface area contributed by atoms with Crippen LogP contribution in [0, 0.1) is 11.8 Å². The Morgan fingerprint density at radius 2 is 2.07 bits per heavy atom. The highest BCUT2D eigenvalue weighted by Crippen LogP contribution is 2.29. The number of likely N-dealkylation sites (tertiary alicyclic amines) is 2. The molecule has 0 aliphatic carbocycles. The Balaban J connectivity index is 1.51. The van der Waals surface area contributed by atoms with E-state index in [1.165, 1.54) is 63.3 Å². The molecule has 1 aromatic heterocycles. The van der Waals surface area contributed by atoms with Crippen LogP contribution in [0.25, 0.3) is 0 Å². The molecule has 2 fully saturated rings. The van der Waals surface area contributed by atoms with E-state index in [9.17, 15) is 0 Å². The first-order valence-electron chi connectivity index (χ1n) is 11.1. The lowest BCUT2D eigenvalue weighted by Gasteiger charge is -2.36. The fraction of sp³-hybridized carbons (Fsp3) is 0.773. The van der Waals surface area contributed by atoms with Gasteiger partial charge in [0.25, 0.3) is 0 Å². The van der Waals surface area contributed by atoms with Gasteiger partial charge in [0.05, 0.1) is 6.04 Å². The number of piperidine rings is 2. The summed E-state index contributed by atoms with van der Waals surface area (Å²) in [4.78, 5) is 11.2. The molecule has 2 aliphatic rings. The summed E-state index contributed by atoms with van der Waals surface area (Å²) in [6.45, 7) is 12.6. The van der Waals surface area contributed by atoms with E-state index in [0.717, 1.165) is 30.9 Å². The zero-order valence-electron chi connectivity index (χ0n) is 18.0. The van der Waals surface area contributed by atoms with Gasteiger partial charge in [0.1, 0.15) is 0 Å². The second kappa shape index (κ2) is 11.2. The smallest absolute Gasteiger partial charge is 0.191 e. The van der Waals surface area contributed by atoms with Crippen molar-refractivity contribution in [3.8, 4) is 0 Å². The number of nitrogens with zero attached hydrogens (tertiary/aromatic N) is 3. The van der Waals surface area contributed by atoms with Crippen molar-refractivity contribution in [3.05, 3.63) is 22.4 Å². The van der Waals surface area contributed by atoms with Gasteiger partial charge in [-0.3, -0.25) is 9.89 Å². The van der Waals surface area contributed by atoms with Crippen molar-refractivity contribution in [1.82, 2.24) is 20.4 Å². The van der Waals surface area contributed by atoms with Gasteiger partial charge < -0.3 is 15.5 Å². The minimum atomic E-state index is 0.441. The van der Waals surface area contributed by atoms with E-state index in [1.807, 2.05) is 18.4 Å². The Hall–Kier alpha value is -1.11. The number of thiophene rings is 1. The van der Waals surface area contributed by atoms with E-state index >= 15 is 0 Å². The molecular weight excluding hydrogens is 366 g/mol. The van der Waals surface area contributed by atoms with E-state index in [2.05, 4.69) is 56.8 Å². The molecular formula is C22H39N5S. The molecule has 0 spiro atoms. The van der Waals surface area contributed by atoms with E-state index < -0.39 is 0 Å². The van der Waals surface area contributed by atoms with E-state index in [4.69, 9.17) is 0 Å². The number of aliphatic imine (C=N–C) groups is 1. The van der Waals surface area contributed by atoms with Gasteiger partial charge in [-0.25, -0.2) is 0 Å². The van der Waals surface area contributed by atoms with Crippen LogP contribution < -0.4 is 10.6 Å². The number of hydrogen-bond acceptors (Lipinski definition) is 4. The molecule has 0 aromatic carbocycles. The van der Waals surface area contributed by atoms with Gasteiger partial charge in [-0.05, 0) is 75.1 Å². The average molecular weight is 406 g/mol. The lowest BCUT2D eigenvalue weighted by Crippen LogP contribution is -2.47. The van der Waals surface area contributed by atoms with Gasteiger partial charge in [-0.15, -0.1) is 11.3 Å². The van der Waals surface area contributed by atoms with Gasteiger partial charge in [-0.2, -0.15) is 0 Å². The molecule has 3 heterocycles. The van der Waals surface area contributed by atoms with E-state index in [1.54, 1.807) is 0 Å². The van der Waals surface area contributed by atoms with Gasteiger partial charge in [-0.1, -0.05) is 19.9 Å². The van der Waals surface area contributed by atoms with Crippen molar-refractivity contribution in [1.29, 1.82) is 0 Å². The van der Waals surface area contributed by atoms with Crippen LogP contribution in [-0.2, 0) is 0 Å². The standard InChI is InChI=1S/C22H39N5S/c1-4-26-11-5-7-19(17-26)15-24-22(23-3)25-16-20(21-8-6-14-28-21)27-12-9-18(2)10-13-27/h6,8,14,18-20H,4-5,7,9-13,15-17H2,1-3H3,(H2,23,24,25). The van der Waals surface area contributed by atoms with Crippen LogP contribution in [-0.4, -0.2) is 68.6 Å². The molecule has 0 radical (unpaired) electrons. The first kappa shape index (κ1) is 21.6. The molecule has 0 saturated carbocycles. The van der Waals surface area contributed by atoms with Gasteiger partial charge in [0.15, 0.2) is 5.96 Å². The molecule has 2 unspecified atom stereocenters. The summed E-state index contributed by atoms with van der Waals surface area (Å²) < 4.78 is 0. The molecule has 5 nitrogen and oxygen atoms in total. The van der Waals surface area contributed by atoms with Crippen LogP contribution in [0.15, 0.2) is 22.5 Å². The molecule has 6 heteroatoms. The molecule has 3 rings (SSSR count). The Kier molecular flexibility index (Phi) is 8.62. The zero-order valence-corrected chi connectivity index (χ0v) is 18.8. The maximum absolute atomic E-state index is 4.49. The predicted octanol–water partition coefficient (Wildman–Crippen LogP) is 3.42. The number of hydrogen-bond donors (Lipinski definition) is 2. The van der Waals surface area contributed by atoms with Gasteiger partial charge in [0.2, 0.25) is 0 Å². The second-order valence-corrected chi connectivity index (χ2v) is 9.46. The molecule has 0 amide bonds. The normalized spacial score (nSPS) is 24.2. The Labute approximate surface area is 175 Å². The highest BCUT2D eigenvalue weighted by atomic mass is 32.1. The Morgan fingerprint density at radius 3 is 2.75 bits per heavy atom. The largest absolute Gasteiger partial charge is 0.356 e. The lowest BCUT2D eigenvalue weighted by atomic mass is 9.97. The van der Waals surface area contributed by atoms with Crippen molar-refractivity contribution in [3.63, 3.8) is 0 Å². The number of nitrogens with one attached hydrogen (secondary N) is 2. The van der Waals surface area contributed by atoms with Crippen LogP contribution in [0.4, 0.5) is 0 Å². The summed E-state index contributed by atoms with van der Waals surface area (Å²) >= 11 is 1.88. The van der Waals surface area contributed by atoms with Crippen molar-refractivity contribution >= 4 is 17.3 Å².